The first kappa shape index (κ1) is 14.3. The molecule has 0 radical (unpaired) electrons. The molecule has 1 unspecified atom stereocenters. The van der Waals surface area contributed by atoms with E-state index in [0.717, 1.165) is 31.0 Å². The van der Waals surface area contributed by atoms with Crippen molar-refractivity contribution in [2.24, 2.45) is 10.9 Å². The molecule has 1 saturated heterocycles. The molecule has 0 saturated carbocycles. The fourth-order valence-corrected chi connectivity index (χ4v) is 3.71. The highest BCUT2D eigenvalue weighted by Gasteiger charge is 2.23. The summed E-state index contributed by atoms with van der Waals surface area (Å²) in [4.78, 5) is 2.27. The summed E-state index contributed by atoms with van der Waals surface area (Å²) in [5.41, 5.74) is 7.32. The topological polar surface area (TPSA) is 61.8 Å². The van der Waals surface area contributed by atoms with Crippen molar-refractivity contribution in [3.8, 4) is 0 Å². The third-order valence-electron chi connectivity index (χ3n) is 3.29. The lowest BCUT2D eigenvalue weighted by Crippen LogP contribution is -2.38. The quantitative estimate of drug-likeness (QED) is 0.390. The van der Waals surface area contributed by atoms with Crippen LogP contribution in [0.1, 0.15) is 18.9 Å². The maximum absolute atomic E-state index is 8.92. The Balaban J connectivity index is 2.36. The number of hydrogen-bond acceptors (Lipinski definition) is 4. The van der Waals surface area contributed by atoms with Crippen molar-refractivity contribution < 1.29 is 5.21 Å². The first-order valence-corrected chi connectivity index (χ1v) is 7.73. The van der Waals surface area contributed by atoms with Crippen molar-refractivity contribution in [1.29, 1.82) is 0 Å². The minimum atomic E-state index is 0.0619. The van der Waals surface area contributed by atoms with Gasteiger partial charge in [-0.05, 0) is 18.6 Å². The van der Waals surface area contributed by atoms with Gasteiger partial charge >= 0.3 is 0 Å². The van der Waals surface area contributed by atoms with Crippen molar-refractivity contribution in [2.45, 2.75) is 18.6 Å². The summed E-state index contributed by atoms with van der Waals surface area (Å²) in [5, 5.41) is 13.1. The number of nitrogens with zero attached hydrogens (tertiary/aromatic N) is 2. The van der Waals surface area contributed by atoms with Crippen LogP contribution in [-0.4, -0.2) is 35.1 Å². The van der Waals surface area contributed by atoms with Gasteiger partial charge in [0.05, 0.1) is 10.6 Å². The van der Waals surface area contributed by atoms with Gasteiger partial charge in [-0.15, -0.1) is 0 Å². The molecule has 4 nitrogen and oxygen atoms in total. The molecule has 1 aromatic rings. The molecule has 104 valence electrons. The second kappa shape index (κ2) is 6.39. The summed E-state index contributed by atoms with van der Waals surface area (Å²) in [6, 6.07) is 5.63. The van der Waals surface area contributed by atoms with Gasteiger partial charge in [0.1, 0.15) is 0 Å². The Morgan fingerprint density at radius 3 is 3.11 bits per heavy atom. The average Bonchev–Trinajstić information content (AvgIpc) is 2.46. The van der Waals surface area contributed by atoms with E-state index in [0.29, 0.717) is 15.8 Å². The summed E-state index contributed by atoms with van der Waals surface area (Å²) >= 11 is 8.19. The lowest BCUT2D eigenvalue weighted by Gasteiger charge is -2.34. The van der Waals surface area contributed by atoms with Crippen LogP contribution >= 0.6 is 23.4 Å². The van der Waals surface area contributed by atoms with Crippen molar-refractivity contribution in [3.63, 3.8) is 0 Å². The summed E-state index contributed by atoms with van der Waals surface area (Å²) < 4.78 is 0. The van der Waals surface area contributed by atoms with Gasteiger partial charge in [-0.3, -0.25) is 0 Å². The van der Waals surface area contributed by atoms with Crippen LogP contribution in [0.5, 0.6) is 0 Å². The van der Waals surface area contributed by atoms with Gasteiger partial charge in [0.25, 0.3) is 0 Å². The summed E-state index contributed by atoms with van der Waals surface area (Å²) in [7, 11) is 0. The second-order valence-electron chi connectivity index (χ2n) is 4.47. The van der Waals surface area contributed by atoms with Gasteiger partial charge in [-0.25, -0.2) is 0 Å². The van der Waals surface area contributed by atoms with Crippen LogP contribution in [0.25, 0.3) is 0 Å². The first-order chi connectivity index (χ1) is 9.17. The van der Waals surface area contributed by atoms with Gasteiger partial charge < -0.3 is 15.8 Å². The van der Waals surface area contributed by atoms with Crippen LogP contribution in [0.15, 0.2) is 23.4 Å². The van der Waals surface area contributed by atoms with Crippen molar-refractivity contribution in [1.82, 2.24) is 0 Å². The molecule has 0 aliphatic carbocycles. The van der Waals surface area contributed by atoms with Crippen molar-refractivity contribution in [2.75, 3.05) is 23.7 Å². The van der Waals surface area contributed by atoms with E-state index in [4.69, 9.17) is 22.5 Å². The van der Waals surface area contributed by atoms with Crippen LogP contribution in [0.3, 0.4) is 0 Å². The van der Waals surface area contributed by atoms with Crippen LogP contribution in [0.2, 0.25) is 5.02 Å². The Morgan fingerprint density at radius 2 is 2.42 bits per heavy atom. The minimum absolute atomic E-state index is 0.0619. The number of thioether (sulfide) groups is 1. The molecular weight excluding hydrogens is 282 g/mol. The molecule has 1 aliphatic rings. The molecule has 1 heterocycles. The molecule has 1 atom stereocenters. The highest BCUT2D eigenvalue weighted by molar-refractivity contribution is 8.00. The number of oxime groups is 1. The highest BCUT2D eigenvalue weighted by Crippen LogP contribution is 2.31. The average molecular weight is 300 g/mol. The lowest BCUT2D eigenvalue weighted by atomic mass is 10.1. The number of amidine groups is 1. The summed E-state index contributed by atoms with van der Waals surface area (Å²) in [5.74, 6) is 1.15. The Hall–Kier alpha value is -1.07. The van der Waals surface area contributed by atoms with E-state index in [1.54, 1.807) is 6.07 Å². The molecule has 1 fully saturated rings. The van der Waals surface area contributed by atoms with E-state index in [-0.39, 0.29) is 5.84 Å². The molecule has 1 aliphatic heterocycles. The molecule has 0 aromatic heterocycles. The smallest absolute Gasteiger partial charge is 0.173 e. The van der Waals surface area contributed by atoms with Crippen molar-refractivity contribution >= 4 is 34.9 Å². The number of nitrogens with two attached hydrogens (primary N) is 1. The predicted octanol–water partition coefficient (Wildman–Crippen LogP) is 2.77. The van der Waals surface area contributed by atoms with Gasteiger partial charge in [0.15, 0.2) is 5.84 Å². The van der Waals surface area contributed by atoms with E-state index in [2.05, 4.69) is 17.0 Å². The van der Waals surface area contributed by atoms with Gasteiger partial charge in [-0.1, -0.05) is 29.7 Å². The zero-order chi connectivity index (χ0) is 13.8. The normalized spacial score (nSPS) is 20.6. The zero-order valence-electron chi connectivity index (χ0n) is 10.8. The zero-order valence-corrected chi connectivity index (χ0v) is 12.4. The van der Waals surface area contributed by atoms with Crippen molar-refractivity contribution in [3.05, 3.63) is 28.8 Å². The maximum Gasteiger partial charge on any atom is 0.173 e. The van der Waals surface area contributed by atoms with Crippen LogP contribution in [0.4, 0.5) is 5.69 Å². The van der Waals surface area contributed by atoms with E-state index >= 15 is 0 Å². The second-order valence-corrected chi connectivity index (χ2v) is 6.28. The molecule has 2 rings (SSSR count). The molecule has 0 bridgehead atoms. The molecular formula is C13H18ClN3OS. The SMILES string of the molecule is CCC1CN(c2cccc(Cl)c2/C(N)=N/O)CCS1. The Labute approximate surface area is 122 Å². The molecule has 19 heavy (non-hydrogen) atoms. The monoisotopic (exact) mass is 299 g/mol. The third-order valence-corrected chi connectivity index (χ3v) is 4.98. The largest absolute Gasteiger partial charge is 0.409 e. The molecule has 3 N–H and O–H groups in total. The summed E-state index contributed by atoms with van der Waals surface area (Å²) in [6.45, 7) is 4.12. The highest BCUT2D eigenvalue weighted by atomic mass is 35.5. The standard InChI is InChI=1S/C13H18ClN3OS/c1-2-9-8-17(6-7-19-9)11-5-3-4-10(14)12(11)13(15)16-18/h3-5,9,18H,2,6-8H2,1H3,(H2,15,16). The predicted molar refractivity (Wildman–Crippen MR) is 82.7 cm³/mol. The minimum Gasteiger partial charge on any atom is -0.409 e. The van der Waals surface area contributed by atoms with E-state index < -0.39 is 0 Å². The maximum atomic E-state index is 8.92. The summed E-state index contributed by atoms with van der Waals surface area (Å²) in [6.07, 6.45) is 1.14. The number of halogens is 1. The molecule has 0 amide bonds. The van der Waals surface area contributed by atoms with Gasteiger partial charge in [0, 0.05) is 29.8 Å². The number of rotatable bonds is 3. The Kier molecular flexibility index (Phi) is 4.82. The van der Waals surface area contributed by atoms with E-state index in [1.807, 2.05) is 23.9 Å². The Morgan fingerprint density at radius 1 is 1.63 bits per heavy atom. The van der Waals surface area contributed by atoms with E-state index in [9.17, 15) is 0 Å². The first-order valence-electron chi connectivity index (χ1n) is 6.30. The van der Waals surface area contributed by atoms with Gasteiger partial charge in [0.2, 0.25) is 0 Å². The fourth-order valence-electron chi connectivity index (χ4n) is 2.26. The number of anilines is 1. The Bertz CT molecular complexity index is 481. The lowest BCUT2D eigenvalue weighted by molar-refractivity contribution is 0.318. The third kappa shape index (κ3) is 3.09. The number of hydrogen-bond donors (Lipinski definition) is 2. The molecule has 6 heteroatoms. The fraction of sp³-hybridized carbons (Fsp3) is 0.462. The molecule has 0 spiro atoms. The van der Waals surface area contributed by atoms with Crippen LogP contribution in [0, 0.1) is 0 Å². The van der Waals surface area contributed by atoms with Gasteiger partial charge in [-0.2, -0.15) is 11.8 Å². The number of benzene rings is 1. The van der Waals surface area contributed by atoms with E-state index in [1.165, 1.54) is 0 Å². The van der Waals surface area contributed by atoms with Crippen LogP contribution < -0.4 is 10.6 Å². The van der Waals surface area contributed by atoms with Crippen LogP contribution in [-0.2, 0) is 0 Å². The molecule has 1 aromatic carbocycles.